The molecule has 4 N–H and O–H groups in total. The van der Waals surface area contributed by atoms with E-state index >= 15 is 0 Å². The van der Waals surface area contributed by atoms with E-state index in [1.54, 1.807) is 6.92 Å². The van der Waals surface area contributed by atoms with Gasteiger partial charge in [-0.25, -0.2) is 0 Å². The molecule has 0 radical (unpaired) electrons. The van der Waals surface area contributed by atoms with Crippen LogP contribution in [-0.2, 0) is 9.59 Å². The van der Waals surface area contributed by atoms with Crippen LogP contribution < -0.4 is 11.1 Å². The molecule has 0 heterocycles. The van der Waals surface area contributed by atoms with Crippen LogP contribution in [0.4, 0.5) is 0 Å². The third-order valence-electron chi connectivity index (χ3n) is 2.52. The Morgan fingerprint density at radius 1 is 1.38 bits per heavy atom. The van der Waals surface area contributed by atoms with Gasteiger partial charge in [0.2, 0.25) is 11.8 Å². The Balaban J connectivity index is 4.09. The van der Waals surface area contributed by atoms with Gasteiger partial charge >= 0.3 is 0 Å². The highest BCUT2D eigenvalue weighted by atomic mass is 16.3. The van der Waals surface area contributed by atoms with Gasteiger partial charge in [-0.05, 0) is 18.8 Å². The minimum atomic E-state index is -0.603. The van der Waals surface area contributed by atoms with Crippen molar-refractivity contribution in [3.8, 4) is 0 Å². The minimum absolute atomic E-state index is 0.00533. The fraction of sp³-hybridized carbons (Fsp3) is 0.818. The molecule has 0 saturated heterocycles. The summed E-state index contributed by atoms with van der Waals surface area (Å²) in [5.41, 5.74) is 5.11. The van der Waals surface area contributed by atoms with Gasteiger partial charge in [-0.1, -0.05) is 20.3 Å². The summed E-state index contributed by atoms with van der Waals surface area (Å²) < 4.78 is 0. The normalized spacial score (nSPS) is 14.2. The SMILES string of the molecule is CCC[C@@H](CO)CC(=O)N[C@@H](CC)C(N)=O. The van der Waals surface area contributed by atoms with Crippen LogP contribution in [0.15, 0.2) is 0 Å². The summed E-state index contributed by atoms with van der Waals surface area (Å²) in [7, 11) is 0. The summed E-state index contributed by atoms with van der Waals surface area (Å²) in [5, 5.41) is 11.6. The van der Waals surface area contributed by atoms with E-state index in [2.05, 4.69) is 5.32 Å². The van der Waals surface area contributed by atoms with Crippen LogP contribution in [0.3, 0.4) is 0 Å². The van der Waals surface area contributed by atoms with Crippen molar-refractivity contribution in [2.45, 2.75) is 45.6 Å². The molecule has 0 spiro atoms. The number of nitrogens with two attached hydrogens (primary N) is 1. The van der Waals surface area contributed by atoms with Gasteiger partial charge in [0.15, 0.2) is 0 Å². The molecule has 0 aromatic heterocycles. The number of amides is 2. The molecular formula is C11H22N2O3. The number of hydrogen-bond donors (Lipinski definition) is 3. The fourth-order valence-corrected chi connectivity index (χ4v) is 1.56. The van der Waals surface area contributed by atoms with Crippen molar-refractivity contribution in [3.63, 3.8) is 0 Å². The summed E-state index contributed by atoms with van der Waals surface area (Å²) in [5.74, 6) is -0.777. The Bertz CT molecular complexity index is 231. The summed E-state index contributed by atoms with van der Waals surface area (Å²) in [6.45, 7) is 3.78. The second-order valence-electron chi connectivity index (χ2n) is 3.97. The Hall–Kier alpha value is -1.10. The van der Waals surface area contributed by atoms with Crippen LogP contribution >= 0.6 is 0 Å². The van der Waals surface area contributed by atoms with Crippen LogP contribution in [-0.4, -0.2) is 29.6 Å². The molecule has 0 bridgehead atoms. The van der Waals surface area contributed by atoms with Gasteiger partial charge in [0.25, 0.3) is 0 Å². The van der Waals surface area contributed by atoms with Crippen molar-refractivity contribution in [2.24, 2.45) is 11.7 Å². The fourth-order valence-electron chi connectivity index (χ4n) is 1.56. The van der Waals surface area contributed by atoms with Crippen LogP contribution in [0.1, 0.15) is 39.5 Å². The van der Waals surface area contributed by atoms with Gasteiger partial charge in [0, 0.05) is 13.0 Å². The molecule has 16 heavy (non-hydrogen) atoms. The standard InChI is InChI=1S/C11H22N2O3/c1-3-5-8(7-14)6-10(15)13-9(4-2)11(12)16/h8-9,14H,3-7H2,1-2H3,(H2,12,16)(H,13,15)/t8-,9+/m1/s1. The van der Waals surface area contributed by atoms with Gasteiger partial charge in [0.05, 0.1) is 0 Å². The molecule has 0 aliphatic rings. The van der Waals surface area contributed by atoms with Gasteiger partial charge < -0.3 is 16.2 Å². The van der Waals surface area contributed by atoms with E-state index in [9.17, 15) is 9.59 Å². The average Bonchev–Trinajstić information content (AvgIpc) is 2.24. The van der Waals surface area contributed by atoms with Crippen LogP contribution in [0.5, 0.6) is 0 Å². The summed E-state index contributed by atoms with van der Waals surface area (Å²) in [6, 6.07) is -0.603. The molecule has 0 saturated carbocycles. The van der Waals surface area contributed by atoms with Crippen LogP contribution in [0.25, 0.3) is 0 Å². The highest BCUT2D eigenvalue weighted by Gasteiger charge is 2.18. The highest BCUT2D eigenvalue weighted by molar-refractivity contribution is 5.86. The van der Waals surface area contributed by atoms with E-state index in [-0.39, 0.29) is 24.9 Å². The maximum atomic E-state index is 11.5. The Labute approximate surface area is 96.4 Å². The molecule has 0 rings (SSSR count). The molecule has 5 heteroatoms. The molecule has 2 atom stereocenters. The molecule has 0 unspecified atom stereocenters. The number of primary amides is 1. The number of aliphatic hydroxyl groups excluding tert-OH is 1. The van der Waals surface area contributed by atoms with E-state index in [0.717, 1.165) is 12.8 Å². The summed E-state index contributed by atoms with van der Waals surface area (Å²) >= 11 is 0. The summed E-state index contributed by atoms with van der Waals surface area (Å²) in [4.78, 5) is 22.4. The third-order valence-corrected chi connectivity index (χ3v) is 2.52. The highest BCUT2D eigenvalue weighted by Crippen LogP contribution is 2.10. The van der Waals surface area contributed by atoms with Crippen molar-refractivity contribution >= 4 is 11.8 Å². The third kappa shape index (κ3) is 5.70. The van der Waals surface area contributed by atoms with Crippen molar-refractivity contribution in [2.75, 3.05) is 6.61 Å². The van der Waals surface area contributed by atoms with E-state index < -0.39 is 11.9 Å². The van der Waals surface area contributed by atoms with Crippen LogP contribution in [0.2, 0.25) is 0 Å². The monoisotopic (exact) mass is 230 g/mol. The molecule has 0 aromatic rings. The van der Waals surface area contributed by atoms with Crippen molar-refractivity contribution in [1.29, 1.82) is 0 Å². The summed E-state index contributed by atoms with van der Waals surface area (Å²) in [6.07, 6.45) is 2.45. The number of rotatable bonds is 8. The first-order valence-corrected chi connectivity index (χ1v) is 5.74. The maximum Gasteiger partial charge on any atom is 0.239 e. The lowest BCUT2D eigenvalue weighted by atomic mass is 10.0. The van der Waals surface area contributed by atoms with Crippen LogP contribution in [0, 0.1) is 5.92 Å². The zero-order chi connectivity index (χ0) is 12.6. The Morgan fingerprint density at radius 2 is 2.00 bits per heavy atom. The van der Waals surface area contributed by atoms with E-state index in [0.29, 0.717) is 6.42 Å². The largest absolute Gasteiger partial charge is 0.396 e. The van der Waals surface area contributed by atoms with E-state index in [1.807, 2.05) is 6.92 Å². The zero-order valence-corrected chi connectivity index (χ0v) is 10.0. The topological polar surface area (TPSA) is 92.4 Å². The first kappa shape index (κ1) is 14.9. The number of carbonyl (C=O) groups is 2. The number of aliphatic hydroxyl groups is 1. The lowest BCUT2D eigenvalue weighted by molar-refractivity contribution is -0.128. The molecule has 5 nitrogen and oxygen atoms in total. The van der Waals surface area contributed by atoms with Gasteiger partial charge in [0.1, 0.15) is 6.04 Å². The predicted octanol–water partition coefficient (Wildman–Crippen LogP) is 0.165. The smallest absolute Gasteiger partial charge is 0.239 e. The molecule has 2 amide bonds. The molecular weight excluding hydrogens is 208 g/mol. The number of nitrogens with one attached hydrogen (secondary N) is 1. The Morgan fingerprint density at radius 3 is 2.38 bits per heavy atom. The number of hydrogen-bond acceptors (Lipinski definition) is 3. The molecule has 0 aromatic carbocycles. The van der Waals surface area contributed by atoms with Crippen molar-refractivity contribution < 1.29 is 14.7 Å². The zero-order valence-electron chi connectivity index (χ0n) is 10.0. The van der Waals surface area contributed by atoms with Crippen molar-refractivity contribution in [1.82, 2.24) is 5.32 Å². The minimum Gasteiger partial charge on any atom is -0.396 e. The van der Waals surface area contributed by atoms with E-state index in [1.165, 1.54) is 0 Å². The molecule has 0 fully saturated rings. The molecule has 0 aliphatic heterocycles. The molecule has 94 valence electrons. The average molecular weight is 230 g/mol. The lowest BCUT2D eigenvalue weighted by Crippen LogP contribution is -2.44. The Kier molecular flexibility index (Phi) is 7.54. The maximum absolute atomic E-state index is 11.5. The second kappa shape index (κ2) is 8.10. The predicted molar refractivity (Wildman–Crippen MR) is 61.5 cm³/mol. The quantitative estimate of drug-likeness (QED) is 0.555. The van der Waals surface area contributed by atoms with Gasteiger partial charge in [-0.2, -0.15) is 0 Å². The van der Waals surface area contributed by atoms with Gasteiger partial charge in [-0.15, -0.1) is 0 Å². The lowest BCUT2D eigenvalue weighted by Gasteiger charge is -2.16. The first-order valence-electron chi connectivity index (χ1n) is 5.74. The number of carbonyl (C=O) groups excluding carboxylic acids is 2. The van der Waals surface area contributed by atoms with Crippen molar-refractivity contribution in [3.05, 3.63) is 0 Å². The van der Waals surface area contributed by atoms with E-state index in [4.69, 9.17) is 10.8 Å². The first-order chi connectivity index (χ1) is 7.54. The second-order valence-corrected chi connectivity index (χ2v) is 3.97. The molecule has 0 aliphatic carbocycles. The van der Waals surface area contributed by atoms with Gasteiger partial charge in [-0.3, -0.25) is 9.59 Å².